The maximum Gasteiger partial charge on any atom is 0.490 e. The fourth-order valence-electron chi connectivity index (χ4n) is 4.22. The summed E-state index contributed by atoms with van der Waals surface area (Å²) >= 11 is 0. The second-order valence-corrected chi connectivity index (χ2v) is 11.9. The minimum atomic E-state index is -5.08. The first kappa shape index (κ1) is 32.9. The smallest absolute Gasteiger partial charge is 0.490 e. The second-order valence-electron chi connectivity index (χ2n) is 9.85. The molecule has 1 aliphatic heterocycles. The molecule has 0 saturated carbocycles. The maximum absolute atomic E-state index is 12.7. The Labute approximate surface area is 239 Å². The van der Waals surface area contributed by atoms with Crippen LogP contribution in [0.5, 0.6) is 5.75 Å². The van der Waals surface area contributed by atoms with Crippen molar-refractivity contribution in [2.75, 3.05) is 26.0 Å². The fraction of sp³-hybridized carbons (Fsp3) is 0.345. The average molecular weight is 618 g/mol. The van der Waals surface area contributed by atoms with Gasteiger partial charge in [0.05, 0.1) is 17.1 Å². The first-order chi connectivity index (χ1) is 19.5. The lowest BCUT2D eigenvalue weighted by molar-refractivity contribution is -0.192. The van der Waals surface area contributed by atoms with E-state index in [1.807, 2.05) is 24.3 Å². The zero-order valence-corrected chi connectivity index (χ0v) is 23.3. The highest BCUT2D eigenvalue weighted by atomic mass is 32.2. The molecule has 13 heteroatoms. The van der Waals surface area contributed by atoms with Crippen LogP contribution in [0, 0.1) is 5.92 Å². The number of carbonyl (C=O) groups is 1. The monoisotopic (exact) mass is 617 g/mol. The first-order valence-electron chi connectivity index (χ1n) is 12.7. The number of carboxylic acid groups (broad SMARTS) is 1. The van der Waals surface area contributed by atoms with Gasteiger partial charge in [0.2, 0.25) is 0 Å². The third kappa shape index (κ3) is 10.1. The zero-order chi connectivity index (χ0) is 31.1. The van der Waals surface area contributed by atoms with E-state index in [4.69, 9.17) is 14.6 Å². The molecule has 3 aromatic carbocycles. The number of sulfone groups is 1. The number of alkyl halides is 6. The molecule has 1 N–H and O–H groups in total. The predicted molar refractivity (Wildman–Crippen MR) is 144 cm³/mol. The SMILES string of the molecule is CS(=O)(=O)c1ccc(-c2ccc(OCC3CCN(Cc4ccc(C(F)(F)F)cc4)CC3)cc2)cc1.O=C(O)C(F)(F)F. The Kier molecular flexibility index (Phi) is 10.7. The van der Waals surface area contributed by atoms with Crippen molar-refractivity contribution in [3.05, 3.63) is 83.9 Å². The molecule has 3 aromatic rings. The Hall–Kier alpha value is -3.58. The van der Waals surface area contributed by atoms with Gasteiger partial charge in [0.15, 0.2) is 9.84 Å². The van der Waals surface area contributed by atoms with Crippen LogP contribution in [-0.2, 0) is 27.4 Å². The zero-order valence-electron chi connectivity index (χ0n) is 22.5. The quantitative estimate of drug-likeness (QED) is 0.297. The molecule has 0 radical (unpaired) electrons. The van der Waals surface area contributed by atoms with E-state index >= 15 is 0 Å². The number of likely N-dealkylation sites (tertiary alicyclic amines) is 1. The van der Waals surface area contributed by atoms with Crippen molar-refractivity contribution in [2.45, 2.75) is 36.6 Å². The Balaban J connectivity index is 0.000000616. The molecule has 1 aliphatic rings. The van der Waals surface area contributed by atoms with Crippen LogP contribution < -0.4 is 4.74 Å². The molecule has 1 heterocycles. The summed E-state index contributed by atoms with van der Waals surface area (Å²) in [7, 11) is -3.21. The fourth-order valence-corrected chi connectivity index (χ4v) is 4.85. The molecule has 4 rings (SSSR count). The van der Waals surface area contributed by atoms with Crippen LogP contribution >= 0.6 is 0 Å². The minimum absolute atomic E-state index is 0.298. The summed E-state index contributed by atoms with van der Waals surface area (Å²) in [6, 6.07) is 20.0. The number of hydrogen-bond acceptors (Lipinski definition) is 5. The van der Waals surface area contributed by atoms with E-state index < -0.39 is 33.7 Å². The Morgan fingerprint density at radius 1 is 0.857 bits per heavy atom. The van der Waals surface area contributed by atoms with Crippen LogP contribution in [0.25, 0.3) is 11.1 Å². The summed E-state index contributed by atoms with van der Waals surface area (Å²) in [5, 5.41) is 7.12. The van der Waals surface area contributed by atoms with Gasteiger partial charge in [-0.05, 0) is 84.9 Å². The second kappa shape index (κ2) is 13.6. The van der Waals surface area contributed by atoms with Gasteiger partial charge in [0, 0.05) is 12.8 Å². The lowest BCUT2D eigenvalue weighted by Gasteiger charge is -2.31. The van der Waals surface area contributed by atoms with Crippen LogP contribution in [0.15, 0.2) is 77.7 Å². The summed E-state index contributed by atoms with van der Waals surface area (Å²) in [5.41, 5.74) is 2.19. The molecular formula is C29H29F6NO5S. The molecule has 0 atom stereocenters. The van der Waals surface area contributed by atoms with Crippen molar-refractivity contribution < 1.29 is 49.4 Å². The van der Waals surface area contributed by atoms with Crippen molar-refractivity contribution in [2.24, 2.45) is 5.92 Å². The maximum atomic E-state index is 12.7. The molecular weight excluding hydrogens is 588 g/mol. The molecule has 0 unspecified atom stereocenters. The molecule has 0 amide bonds. The Bertz CT molecular complexity index is 1410. The van der Waals surface area contributed by atoms with Crippen molar-refractivity contribution in [1.29, 1.82) is 0 Å². The topological polar surface area (TPSA) is 83.9 Å². The lowest BCUT2D eigenvalue weighted by atomic mass is 9.97. The number of hydrogen-bond donors (Lipinski definition) is 1. The molecule has 0 aromatic heterocycles. The summed E-state index contributed by atoms with van der Waals surface area (Å²) in [4.78, 5) is 11.5. The summed E-state index contributed by atoms with van der Waals surface area (Å²) in [5.74, 6) is -1.54. The van der Waals surface area contributed by atoms with Gasteiger partial charge >= 0.3 is 18.3 Å². The minimum Gasteiger partial charge on any atom is -0.493 e. The molecule has 0 spiro atoms. The number of halogens is 6. The first-order valence-corrected chi connectivity index (χ1v) is 14.6. The highest BCUT2D eigenvalue weighted by Crippen LogP contribution is 2.30. The van der Waals surface area contributed by atoms with Gasteiger partial charge in [-0.2, -0.15) is 26.3 Å². The van der Waals surface area contributed by atoms with Gasteiger partial charge in [-0.25, -0.2) is 13.2 Å². The van der Waals surface area contributed by atoms with E-state index in [0.717, 1.165) is 60.5 Å². The van der Waals surface area contributed by atoms with Gasteiger partial charge in [0.25, 0.3) is 0 Å². The average Bonchev–Trinajstić information content (AvgIpc) is 2.92. The van der Waals surface area contributed by atoms with E-state index in [9.17, 15) is 34.8 Å². The molecule has 1 fully saturated rings. The Morgan fingerprint density at radius 2 is 1.33 bits per heavy atom. The molecule has 1 saturated heterocycles. The van der Waals surface area contributed by atoms with Crippen LogP contribution in [-0.4, -0.2) is 56.5 Å². The highest BCUT2D eigenvalue weighted by molar-refractivity contribution is 7.90. The third-order valence-electron chi connectivity index (χ3n) is 6.59. The molecule has 0 bridgehead atoms. The van der Waals surface area contributed by atoms with Gasteiger partial charge in [0.1, 0.15) is 5.75 Å². The molecule has 42 heavy (non-hydrogen) atoms. The van der Waals surface area contributed by atoms with Gasteiger partial charge in [-0.3, -0.25) is 4.90 Å². The number of aliphatic carboxylic acids is 1. The Morgan fingerprint density at radius 3 is 1.76 bits per heavy atom. The predicted octanol–water partition coefficient (Wildman–Crippen LogP) is 6.70. The number of rotatable bonds is 7. The summed E-state index contributed by atoms with van der Waals surface area (Å²) in [6.45, 7) is 3.05. The van der Waals surface area contributed by atoms with Crippen LogP contribution in [0.4, 0.5) is 26.3 Å². The number of benzene rings is 3. The van der Waals surface area contributed by atoms with Crippen LogP contribution in [0.2, 0.25) is 0 Å². The third-order valence-corrected chi connectivity index (χ3v) is 7.72. The van der Waals surface area contributed by atoms with E-state index in [2.05, 4.69) is 4.90 Å². The molecule has 228 valence electrons. The van der Waals surface area contributed by atoms with Crippen molar-refractivity contribution in [3.63, 3.8) is 0 Å². The van der Waals surface area contributed by atoms with E-state index in [0.29, 0.717) is 24.0 Å². The lowest BCUT2D eigenvalue weighted by Crippen LogP contribution is -2.35. The van der Waals surface area contributed by atoms with Crippen molar-refractivity contribution in [1.82, 2.24) is 4.90 Å². The van der Waals surface area contributed by atoms with Crippen molar-refractivity contribution in [3.8, 4) is 16.9 Å². The van der Waals surface area contributed by atoms with E-state index in [-0.39, 0.29) is 0 Å². The van der Waals surface area contributed by atoms with E-state index in [1.54, 1.807) is 36.4 Å². The van der Waals surface area contributed by atoms with Gasteiger partial charge < -0.3 is 9.84 Å². The number of carboxylic acids is 1. The highest BCUT2D eigenvalue weighted by Gasteiger charge is 2.38. The van der Waals surface area contributed by atoms with Crippen LogP contribution in [0.1, 0.15) is 24.0 Å². The van der Waals surface area contributed by atoms with Gasteiger partial charge in [-0.15, -0.1) is 0 Å². The summed E-state index contributed by atoms with van der Waals surface area (Å²) in [6.07, 6.45) is -6.24. The number of piperidine rings is 1. The van der Waals surface area contributed by atoms with Crippen molar-refractivity contribution >= 4 is 15.8 Å². The molecule has 6 nitrogen and oxygen atoms in total. The molecule has 0 aliphatic carbocycles. The largest absolute Gasteiger partial charge is 0.493 e. The van der Waals surface area contributed by atoms with Crippen LogP contribution in [0.3, 0.4) is 0 Å². The number of nitrogens with zero attached hydrogens (tertiary/aromatic N) is 1. The van der Waals surface area contributed by atoms with E-state index in [1.165, 1.54) is 6.26 Å². The van der Waals surface area contributed by atoms with Gasteiger partial charge in [-0.1, -0.05) is 36.4 Å². The normalized spacial score (nSPS) is 15.0. The number of ether oxygens (including phenoxy) is 1. The summed E-state index contributed by atoms with van der Waals surface area (Å²) < 4.78 is 99.1. The standard InChI is InChI=1S/C27H28F3NO3S.C2HF3O2/c1-35(32,33)26-12-6-23(7-13-26)22-4-10-25(11-5-22)34-19-21-14-16-31(17-15-21)18-20-2-8-24(9-3-20)27(28,29)30;3-2(4,5)1(6)7/h2-13,21H,14-19H2,1H3;(H,6,7).